The Kier molecular flexibility index (Phi) is 4.90. The largest absolute Gasteiger partial charge is 0.481 e. The van der Waals surface area contributed by atoms with Gasteiger partial charge in [-0.2, -0.15) is 0 Å². The molecule has 0 aliphatic carbocycles. The van der Waals surface area contributed by atoms with E-state index in [1.165, 1.54) is 0 Å². The second-order valence-corrected chi connectivity index (χ2v) is 2.48. The van der Waals surface area contributed by atoms with E-state index < -0.39 is 36.7 Å². The average Bonchev–Trinajstić information content (AvgIpc) is 2.02. The number of carbonyl (C=O) groups is 3. The van der Waals surface area contributed by atoms with Crippen molar-refractivity contribution in [2.24, 2.45) is 5.92 Å². The predicted octanol–water partition coefficient (Wildman–Crippen LogP) is -0.0600. The van der Waals surface area contributed by atoms with Gasteiger partial charge in [-0.25, -0.2) is 0 Å². The SMILES string of the molecule is O=C(O)CC(CC(=O)OS)C(=O)O. The molecule has 0 aromatic rings. The summed E-state index contributed by atoms with van der Waals surface area (Å²) in [5.74, 6) is -4.75. The van der Waals surface area contributed by atoms with E-state index in [0.717, 1.165) is 0 Å². The number of rotatable bonds is 5. The lowest BCUT2D eigenvalue weighted by molar-refractivity contribution is -0.151. The van der Waals surface area contributed by atoms with E-state index in [1.807, 2.05) is 0 Å². The van der Waals surface area contributed by atoms with Gasteiger partial charge in [-0.1, -0.05) is 0 Å². The summed E-state index contributed by atoms with van der Waals surface area (Å²) in [5, 5.41) is 16.8. The van der Waals surface area contributed by atoms with Crippen molar-refractivity contribution in [2.75, 3.05) is 0 Å². The fourth-order valence-corrected chi connectivity index (χ4v) is 0.771. The Morgan fingerprint density at radius 3 is 2.08 bits per heavy atom. The van der Waals surface area contributed by atoms with E-state index in [9.17, 15) is 14.4 Å². The summed E-state index contributed by atoms with van der Waals surface area (Å²) < 4.78 is 3.91. The molecule has 6 nitrogen and oxygen atoms in total. The molecular weight excluding hydrogens is 200 g/mol. The van der Waals surface area contributed by atoms with Crippen LogP contribution in [0.4, 0.5) is 0 Å². The van der Waals surface area contributed by atoms with Crippen LogP contribution in [-0.2, 0) is 18.6 Å². The second-order valence-electron chi connectivity index (χ2n) is 2.30. The number of carbonyl (C=O) groups excluding carboxylic acids is 1. The molecule has 13 heavy (non-hydrogen) atoms. The normalized spacial score (nSPS) is 11.8. The van der Waals surface area contributed by atoms with Crippen LogP contribution in [0.15, 0.2) is 0 Å². The molecular formula is C6H8O6S. The number of thiol groups is 1. The van der Waals surface area contributed by atoms with Gasteiger partial charge in [-0.15, -0.1) is 0 Å². The Labute approximate surface area is 79.1 Å². The van der Waals surface area contributed by atoms with Crippen molar-refractivity contribution in [3.05, 3.63) is 0 Å². The maximum Gasteiger partial charge on any atom is 0.318 e. The van der Waals surface area contributed by atoms with Crippen molar-refractivity contribution in [1.29, 1.82) is 0 Å². The highest BCUT2D eigenvalue weighted by atomic mass is 32.1. The fourth-order valence-electron chi connectivity index (χ4n) is 0.696. The molecule has 74 valence electrons. The van der Waals surface area contributed by atoms with Crippen molar-refractivity contribution < 1.29 is 28.8 Å². The molecule has 0 aliphatic rings. The first-order valence-electron chi connectivity index (χ1n) is 3.26. The van der Waals surface area contributed by atoms with E-state index in [4.69, 9.17) is 10.2 Å². The van der Waals surface area contributed by atoms with Crippen LogP contribution in [0.1, 0.15) is 12.8 Å². The third-order valence-corrected chi connectivity index (χ3v) is 1.49. The van der Waals surface area contributed by atoms with Crippen molar-refractivity contribution in [1.82, 2.24) is 0 Å². The van der Waals surface area contributed by atoms with Crippen LogP contribution >= 0.6 is 12.9 Å². The van der Waals surface area contributed by atoms with E-state index in [-0.39, 0.29) is 0 Å². The first-order valence-corrected chi connectivity index (χ1v) is 3.62. The van der Waals surface area contributed by atoms with Gasteiger partial charge >= 0.3 is 17.9 Å². The van der Waals surface area contributed by atoms with E-state index in [1.54, 1.807) is 0 Å². The number of carboxylic acid groups (broad SMARTS) is 2. The van der Waals surface area contributed by atoms with Gasteiger partial charge in [-0.3, -0.25) is 14.4 Å². The van der Waals surface area contributed by atoms with E-state index >= 15 is 0 Å². The summed E-state index contributed by atoms with van der Waals surface area (Å²) in [6.45, 7) is 0. The van der Waals surface area contributed by atoms with Crippen LogP contribution in [0.5, 0.6) is 0 Å². The van der Waals surface area contributed by atoms with E-state index in [0.29, 0.717) is 0 Å². The number of carboxylic acids is 2. The lowest BCUT2D eigenvalue weighted by Crippen LogP contribution is -2.21. The van der Waals surface area contributed by atoms with Crippen molar-refractivity contribution in [3.63, 3.8) is 0 Å². The summed E-state index contributed by atoms with van der Waals surface area (Å²) in [7, 11) is 0. The topological polar surface area (TPSA) is 101 Å². The molecule has 1 unspecified atom stereocenters. The van der Waals surface area contributed by atoms with Crippen LogP contribution in [-0.4, -0.2) is 28.1 Å². The van der Waals surface area contributed by atoms with Gasteiger partial charge < -0.3 is 14.4 Å². The Bertz CT molecular complexity index is 225. The molecule has 0 heterocycles. The zero-order valence-corrected chi connectivity index (χ0v) is 7.36. The molecule has 0 radical (unpaired) electrons. The minimum atomic E-state index is -1.35. The van der Waals surface area contributed by atoms with Gasteiger partial charge in [0.2, 0.25) is 0 Å². The van der Waals surface area contributed by atoms with Crippen LogP contribution in [0, 0.1) is 5.92 Å². The zero-order chi connectivity index (χ0) is 10.4. The number of hydrogen-bond donors (Lipinski definition) is 3. The fraction of sp³-hybridized carbons (Fsp3) is 0.500. The summed E-state index contributed by atoms with van der Waals surface area (Å²) in [5.41, 5.74) is 0. The van der Waals surface area contributed by atoms with Gasteiger partial charge in [0, 0.05) is 12.9 Å². The summed E-state index contributed by atoms with van der Waals surface area (Å²) in [6, 6.07) is 0. The summed E-state index contributed by atoms with van der Waals surface area (Å²) >= 11 is 3.16. The Morgan fingerprint density at radius 2 is 1.77 bits per heavy atom. The lowest BCUT2D eigenvalue weighted by atomic mass is 10.0. The van der Waals surface area contributed by atoms with Gasteiger partial charge in [0.25, 0.3) is 0 Å². The third kappa shape index (κ3) is 5.07. The highest BCUT2D eigenvalue weighted by Gasteiger charge is 2.24. The van der Waals surface area contributed by atoms with Gasteiger partial charge in [0.1, 0.15) is 0 Å². The van der Waals surface area contributed by atoms with Crippen LogP contribution < -0.4 is 0 Å². The lowest BCUT2D eigenvalue weighted by Gasteiger charge is -2.06. The minimum absolute atomic E-state index is 0.495. The average molecular weight is 208 g/mol. The molecule has 7 heteroatoms. The zero-order valence-electron chi connectivity index (χ0n) is 6.47. The van der Waals surface area contributed by atoms with Gasteiger partial charge in [-0.05, 0) is 0 Å². The molecule has 0 fully saturated rings. The van der Waals surface area contributed by atoms with Crippen molar-refractivity contribution in [3.8, 4) is 0 Å². The van der Waals surface area contributed by atoms with E-state index in [2.05, 4.69) is 17.1 Å². The third-order valence-electron chi connectivity index (χ3n) is 1.29. The highest BCUT2D eigenvalue weighted by Crippen LogP contribution is 2.10. The Balaban J connectivity index is 4.18. The summed E-state index contributed by atoms with van der Waals surface area (Å²) in [4.78, 5) is 31.1. The highest BCUT2D eigenvalue weighted by molar-refractivity contribution is 7.75. The van der Waals surface area contributed by atoms with Crippen LogP contribution in [0.25, 0.3) is 0 Å². The molecule has 0 amide bonds. The molecule has 0 aliphatic heterocycles. The van der Waals surface area contributed by atoms with Crippen LogP contribution in [0.2, 0.25) is 0 Å². The molecule has 0 saturated heterocycles. The molecule has 0 spiro atoms. The summed E-state index contributed by atoms with van der Waals surface area (Å²) in [6.07, 6.45) is -1.11. The maximum atomic E-state index is 10.6. The molecule has 0 rings (SSSR count). The molecule has 0 aromatic carbocycles. The van der Waals surface area contributed by atoms with Crippen LogP contribution in [0.3, 0.4) is 0 Å². The predicted molar refractivity (Wildman–Crippen MR) is 43.1 cm³/mol. The quantitative estimate of drug-likeness (QED) is 0.432. The molecule has 0 bridgehead atoms. The van der Waals surface area contributed by atoms with Crippen molar-refractivity contribution in [2.45, 2.75) is 12.8 Å². The number of hydrogen-bond acceptors (Lipinski definition) is 5. The first kappa shape index (κ1) is 11.8. The Hall–Kier alpha value is -1.24. The standard InChI is InChI=1S/C6H8O6S/c7-4(8)1-3(6(10)11)2-5(9)12-13/h3,13H,1-2H2,(H,7,8)(H,10,11). The molecule has 2 N–H and O–H groups in total. The molecule has 0 saturated carbocycles. The maximum absolute atomic E-state index is 10.6. The van der Waals surface area contributed by atoms with Crippen molar-refractivity contribution >= 4 is 30.8 Å². The van der Waals surface area contributed by atoms with Gasteiger partial charge in [0.15, 0.2) is 0 Å². The molecule has 1 atom stereocenters. The van der Waals surface area contributed by atoms with Gasteiger partial charge in [0.05, 0.1) is 18.8 Å². The smallest absolute Gasteiger partial charge is 0.318 e. The second kappa shape index (κ2) is 5.41. The molecule has 0 aromatic heterocycles. The first-order chi connectivity index (χ1) is 5.97. The Morgan fingerprint density at radius 1 is 1.23 bits per heavy atom. The minimum Gasteiger partial charge on any atom is -0.481 e. The number of aliphatic carboxylic acids is 2. The monoisotopic (exact) mass is 208 g/mol.